The van der Waals surface area contributed by atoms with Gasteiger partial charge in [-0.05, 0) is 38.0 Å². The summed E-state index contributed by atoms with van der Waals surface area (Å²) in [7, 11) is 2.39. The van der Waals surface area contributed by atoms with Gasteiger partial charge in [-0.3, -0.25) is 0 Å². The molecule has 4 atom stereocenters. The highest BCUT2D eigenvalue weighted by molar-refractivity contribution is 7.09. The van der Waals surface area contributed by atoms with Crippen molar-refractivity contribution in [1.82, 2.24) is 0 Å². The lowest BCUT2D eigenvalue weighted by Crippen LogP contribution is -2.28. The highest BCUT2D eigenvalue weighted by atomic mass is 31.0. The molecule has 0 saturated heterocycles. The van der Waals surface area contributed by atoms with Gasteiger partial charge in [0, 0.05) is 9.47 Å². The molecule has 12 heavy (non-hydrogen) atoms. The number of hydrogen-bond donors (Lipinski definition) is 0. The molecule has 0 heterocycles. The van der Waals surface area contributed by atoms with Crippen molar-refractivity contribution in [2.75, 3.05) is 0 Å². The Morgan fingerprint density at radius 1 is 1.50 bits per heavy atom. The van der Waals surface area contributed by atoms with Gasteiger partial charge in [-0.15, -0.1) is 0 Å². The van der Waals surface area contributed by atoms with Gasteiger partial charge in [0.15, 0.2) is 0 Å². The molecule has 0 amide bonds. The average Bonchev–Trinajstić information content (AvgIpc) is 2.05. The van der Waals surface area contributed by atoms with Crippen LogP contribution >= 0.6 is 9.47 Å². The van der Waals surface area contributed by atoms with Crippen LogP contribution in [0.1, 0.15) is 33.1 Å². The van der Waals surface area contributed by atoms with Crippen molar-refractivity contribution in [2.45, 2.75) is 39.2 Å². The van der Waals surface area contributed by atoms with Crippen molar-refractivity contribution in [3.63, 3.8) is 0 Å². The van der Waals surface area contributed by atoms with E-state index in [2.05, 4.69) is 29.9 Å². The van der Waals surface area contributed by atoms with Gasteiger partial charge in [0.05, 0.1) is 6.10 Å². The monoisotopic (exact) mass is 186 g/mol. The van der Waals surface area contributed by atoms with Crippen LogP contribution in [-0.4, -0.2) is 6.10 Å². The summed E-state index contributed by atoms with van der Waals surface area (Å²) in [5.74, 6) is 1.39. The van der Waals surface area contributed by atoms with Crippen LogP contribution in [0.4, 0.5) is 0 Å². The Labute approximate surface area is 77.9 Å². The Morgan fingerprint density at radius 3 is 2.67 bits per heavy atom. The van der Waals surface area contributed by atoms with Crippen LogP contribution in [0.2, 0.25) is 0 Å². The molecule has 1 aliphatic rings. The van der Waals surface area contributed by atoms with E-state index in [0.29, 0.717) is 17.9 Å². The second-order valence-electron chi connectivity index (χ2n) is 4.01. The molecule has 0 aromatic rings. The van der Waals surface area contributed by atoms with E-state index in [-0.39, 0.29) is 0 Å². The maximum atomic E-state index is 5.36. The zero-order chi connectivity index (χ0) is 9.14. The highest BCUT2D eigenvalue weighted by Crippen LogP contribution is 2.34. The van der Waals surface area contributed by atoms with E-state index in [1.54, 1.807) is 0 Å². The SMILES string of the molecule is C=C(C)[C@@H]1CC[C@@H](C)[C@@H](OP)C1. The van der Waals surface area contributed by atoms with Crippen LogP contribution in [0.15, 0.2) is 12.2 Å². The van der Waals surface area contributed by atoms with Gasteiger partial charge < -0.3 is 4.52 Å². The van der Waals surface area contributed by atoms with Crippen LogP contribution in [-0.2, 0) is 4.52 Å². The Balaban J connectivity index is 2.49. The molecule has 0 radical (unpaired) electrons. The zero-order valence-electron chi connectivity index (χ0n) is 8.05. The average molecular weight is 186 g/mol. The van der Waals surface area contributed by atoms with Crippen LogP contribution in [0.3, 0.4) is 0 Å². The number of allylic oxidation sites excluding steroid dienone is 1. The lowest BCUT2D eigenvalue weighted by molar-refractivity contribution is 0.102. The largest absolute Gasteiger partial charge is 0.362 e. The smallest absolute Gasteiger partial charge is 0.0642 e. The highest BCUT2D eigenvalue weighted by Gasteiger charge is 2.27. The zero-order valence-corrected chi connectivity index (χ0v) is 9.20. The summed E-state index contributed by atoms with van der Waals surface area (Å²) in [5, 5.41) is 0. The Bertz CT molecular complexity index is 167. The fraction of sp³-hybridized carbons (Fsp3) is 0.800. The molecule has 0 aromatic carbocycles. The molecule has 1 saturated carbocycles. The second kappa shape index (κ2) is 4.39. The van der Waals surface area contributed by atoms with Crippen molar-refractivity contribution in [3.05, 3.63) is 12.2 Å². The van der Waals surface area contributed by atoms with Crippen molar-refractivity contribution in [1.29, 1.82) is 0 Å². The minimum absolute atomic E-state index is 0.422. The maximum Gasteiger partial charge on any atom is 0.0642 e. The first-order valence-electron chi connectivity index (χ1n) is 4.66. The summed E-state index contributed by atoms with van der Waals surface area (Å²) >= 11 is 0. The quantitative estimate of drug-likeness (QED) is 0.475. The predicted molar refractivity (Wildman–Crippen MR) is 55.9 cm³/mol. The fourth-order valence-corrected chi connectivity index (χ4v) is 2.30. The van der Waals surface area contributed by atoms with E-state index in [4.69, 9.17) is 4.52 Å². The van der Waals surface area contributed by atoms with Gasteiger partial charge >= 0.3 is 0 Å². The molecular formula is C10H19OP. The topological polar surface area (TPSA) is 9.23 Å². The van der Waals surface area contributed by atoms with Gasteiger partial charge in [0.2, 0.25) is 0 Å². The third-order valence-corrected chi connectivity index (χ3v) is 3.34. The summed E-state index contributed by atoms with van der Waals surface area (Å²) in [6, 6.07) is 0. The molecule has 0 aromatic heterocycles. The minimum Gasteiger partial charge on any atom is -0.362 e. The molecule has 1 unspecified atom stereocenters. The summed E-state index contributed by atoms with van der Waals surface area (Å²) < 4.78 is 5.36. The standard InChI is InChI=1S/C10H19OP/c1-7(2)9-5-4-8(3)10(6-9)11-12/h8-10H,1,4-6,12H2,2-3H3/t8-,9-,10+/m1/s1. The van der Waals surface area contributed by atoms with Gasteiger partial charge in [0.25, 0.3) is 0 Å². The normalized spacial score (nSPS) is 36.4. The molecule has 1 fully saturated rings. The van der Waals surface area contributed by atoms with E-state index < -0.39 is 0 Å². The Kier molecular flexibility index (Phi) is 3.74. The Hall–Kier alpha value is 0.130. The molecular weight excluding hydrogens is 167 g/mol. The third-order valence-electron chi connectivity index (χ3n) is 2.99. The van der Waals surface area contributed by atoms with E-state index in [0.717, 1.165) is 6.42 Å². The summed E-state index contributed by atoms with van der Waals surface area (Å²) in [4.78, 5) is 0. The van der Waals surface area contributed by atoms with Crippen molar-refractivity contribution in [3.8, 4) is 0 Å². The first kappa shape index (κ1) is 10.2. The predicted octanol–water partition coefficient (Wildman–Crippen LogP) is 3.17. The van der Waals surface area contributed by atoms with Crippen LogP contribution in [0, 0.1) is 11.8 Å². The summed E-state index contributed by atoms with van der Waals surface area (Å²) in [5.41, 5.74) is 1.31. The Morgan fingerprint density at radius 2 is 2.17 bits per heavy atom. The number of rotatable bonds is 2. The van der Waals surface area contributed by atoms with Crippen molar-refractivity contribution >= 4 is 9.47 Å². The van der Waals surface area contributed by atoms with E-state index in [9.17, 15) is 0 Å². The lowest BCUT2D eigenvalue weighted by atomic mass is 9.78. The molecule has 0 N–H and O–H groups in total. The van der Waals surface area contributed by atoms with Gasteiger partial charge in [-0.25, -0.2) is 0 Å². The number of hydrogen-bond acceptors (Lipinski definition) is 1. The second-order valence-corrected chi connectivity index (χ2v) is 4.28. The molecule has 70 valence electrons. The molecule has 1 nitrogen and oxygen atoms in total. The molecule has 1 aliphatic carbocycles. The van der Waals surface area contributed by atoms with E-state index in [1.807, 2.05) is 0 Å². The maximum absolute atomic E-state index is 5.36. The summed E-state index contributed by atoms with van der Waals surface area (Å²) in [6.07, 6.45) is 4.14. The van der Waals surface area contributed by atoms with E-state index in [1.165, 1.54) is 18.4 Å². The molecule has 1 rings (SSSR count). The van der Waals surface area contributed by atoms with Crippen molar-refractivity contribution < 1.29 is 4.52 Å². The third kappa shape index (κ3) is 2.31. The first-order chi connectivity index (χ1) is 5.65. The molecule has 0 bridgehead atoms. The van der Waals surface area contributed by atoms with E-state index >= 15 is 0 Å². The summed E-state index contributed by atoms with van der Waals surface area (Å²) in [6.45, 7) is 8.40. The molecule has 2 heteroatoms. The van der Waals surface area contributed by atoms with Crippen LogP contribution < -0.4 is 0 Å². The van der Waals surface area contributed by atoms with Gasteiger partial charge in [-0.1, -0.05) is 19.1 Å². The lowest BCUT2D eigenvalue weighted by Gasteiger charge is -2.33. The first-order valence-corrected chi connectivity index (χ1v) is 5.13. The minimum atomic E-state index is 0.422. The molecule has 0 aliphatic heterocycles. The van der Waals surface area contributed by atoms with Gasteiger partial charge in [-0.2, -0.15) is 0 Å². The van der Waals surface area contributed by atoms with Gasteiger partial charge in [0.1, 0.15) is 0 Å². The molecule has 0 spiro atoms. The van der Waals surface area contributed by atoms with Crippen molar-refractivity contribution in [2.24, 2.45) is 11.8 Å². The van der Waals surface area contributed by atoms with Crippen LogP contribution in [0.5, 0.6) is 0 Å². The van der Waals surface area contributed by atoms with Crippen LogP contribution in [0.25, 0.3) is 0 Å². The fourth-order valence-electron chi connectivity index (χ4n) is 1.92.